The number of rotatable bonds is 10. The molecule has 2 rings (SSSR count). The number of nitrogens with zero attached hydrogens (tertiary/aromatic N) is 2. The largest absolute Gasteiger partial charge is 0.352 e. The second kappa shape index (κ2) is 11.7. The van der Waals surface area contributed by atoms with E-state index in [1.807, 2.05) is 45.0 Å². The van der Waals surface area contributed by atoms with Crippen LogP contribution < -0.4 is 9.62 Å². The number of hydrogen-bond donors (Lipinski definition) is 1. The fraction of sp³-hybridized carbons (Fsp3) is 0.417. The molecule has 1 N–H and O–H groups in total. The first-order valence-corrected chi connectivity index (χ1v) is 13.4. The summed E-state index contributed by atoms with van der Waals surface area (Å²) in [7, 11) is -3.75. The van der Waals surface area contributed by atoms with Crippen LogP contribution >= 0.6 is 15.9 Å². The van der Waals surface area contributed by atoms with E-state index in [0.717, 1.165) is 28.1 Å². The van der Waals surface area contributed by atoms with E-state index in [0.29, 0.717) is 10.2 Å². The number of halogens is 1. The van der Waals surface area contributed by atoms with Crippen LogP contribution in [0.25, 0.3) is 0 Å². The van der Waals surface area contributed by atoms with Crippen molar-refractivity contribution in [1.82, 2.24) is 10.2 Å². The third kappa shape index (κ3) is 7.85. The van der Waals surface area contributed by atoms with Gasteiger partial charge in [-0.1, -0.05) is 58.7 Å². The summed E-state index contributed by atoms with van der Waals surface area (Å²) in [6.45, 7) is 7.26. The predicted molar refractivity (Wildman–Crippen MR) is 135 cm³/mol. The van der Waals surface area contributed by atoms with E-state index in [1.54, 1.807) is 31.2 Å². The third-order valence-corrected chi connectivity index (χ3v) is 7.05. The van der Waals surface area contributed by atoms with Gasteiger partial charge in [0.25, 0.3) is 0 Å². The Hall–Kier alpha value is -2.39. The lowest BCUT2D eigenvalue weighted by Crippen LogP contribution is -2.52. The molecule has 180 valence electrons. The molecule has 2 amide bonds. The lowest BCUT2D eigenvalue weighted by molar-refractivity contribution is -0.139. The van der Waals surface area contributed by atoms with Crippen LogP contribution in [0.3, 0.4) is 0 Å². The van der Waals surface area contributed by atoms with Crippen molar-refractivity contribution in [3.8, 4) is 0 Å². The summed E-state index contributed by atoms with van der Waals surface area (Å²) < 4.78 is 26.8. The summed E-state index contributed by atoms with van der Waals surface area (Å²) in [5.74, 6) is -0.744. The van der Waals surface area contributed by atoms with Gasteiger partial charge in [-0.15, -0.1) is 0 Å². The SMILES string of the molecule is CC[C@H](C)NC(=O)[C@H](C)N(Cc1ccc(C)cc1)C(=O)CN(c1cccc(Br)c1)S(C)(=O)=O. The number of aryl methyl sites for hydroxylation is 1. The van der Waals surface area contributed by atoms with Crippen LogP contribution in [0.5, 0.6) is 0 Å². The zero-order valence-corrected chi connectivity index (χ0v) is 22.1. The number of benzene rings is 2. The molecule has 0 fully saturated rings. The molecule has 0 aliphatic heterocycles. The third-order valence-electron chi connectivity index (χ3n) is 5.42. The van der Waals surface area contributed by atoms with E-state index < -0.39 is 28.5 Å². The number of nitrogens with one attached hydrogen (secondary N) is 1. The molecule has 0 radical (unpaired) electrons. The molecule has 7 nitrogen and oxygen atoms in total. The quantitative estimate of drug-likeness (QED) is 0.498. The van der Waals surface area contributed by atoms with Crippen LogP contribution in [0.4, 0.5) is 5.69 Å². The molecule has 0 aliphatic carbocycles. The van der Waals surface area contributed by atoms with Gasteiger partial charge in [-0.25, -0.2) is 8.42 Å². The van der Waals surface area contributed by atoms with Crippen LogP contribution in [0.1, 0.15) is 38.3 Å². The van der Waals surface area contributed by atoms with Crippen molar-refractivity contribution in [2.24, 2.45) is 0 Å². The smallest absolute Gasteiger partial charge is 0.244 e. The van der Waals surface area contributed by atoms with E-state index in [9.17, 15) is 18.0 Å². The fourth-order valence-corrected chi connectivity index (χ4v) is 4.41. The van der Waals surface area contributed by atoms with Crippen molar-refractivity contribution in [1.29, 1.82) is 0 Å². The molecule has 0 aliphatic rings. The Bertz CT molecular complexity index is 1070. The van der Waals surface area contributed by atoms with E-state index in [4.69, 9.17) is 0 Å². The highest BCUT2D eigenvalue weighted by Crippen LogP contribution is 2.23. The normalized spacial score (nSPS) is 13.2. The standard InChI is InChI=1S/C24H32BrN3O4S/c1-6-18(3)26-24(30)19(4)27(15-20-12-10-17(2)11-13-20)23(29)16-28(33(5,31)32)22-9-7-8-21(25)14-22/h7-14,18-19H,6,15-16H2,1-5H3,(H,26,30)/t18-,19-/m0/s1. The van der Waals surface area contributed by atoms with Crippen molar-refractivity contribution in [2.75, 3.05) is 17.1 Å². The maximum Gasteiger partial charge on any atom is 0.244 e. The van der Waals surface area contributed by atoms with Gasteiger partial charge in [0, 0.05) is 17.1 Å². The summed E-state index contributed by atoms with van der Waals surface area (Å²) in [6.07, 6.45) is 1.82. The molecular formula is C24H32BrN3O4S. The van der Waals surface area contributed by atoms with Gasteiger partial charge >= 0.3 is 0 Å². The molecule has 2 atom stereocenters. The first-order valence-electron chi connectivity index (χ1n) is 10.8. The molecule has 2 aromatic rings. The second-order valence-electron chi connectivity index (χ2n) is 8.25. The Morgan fingerprint density at radius 3 is 2.27 bits per heavy atom. The molecule has 0 saturated carbocycles. The summed E-state index contributed by atoms with van der Waals surface area (Å²) in [5.41, 5.74) is 2.30. The first-order chi connectivity index (χ1) is 15.4. The fourth-order valence-electron chi connectivity index (χ4n) is 3.18. The van der Waals surface area contributed by atoms with Gasteiger partial charge in [0.2, 0.25) is 21.8 Å². The van der Waals surface area contributed by atoms with Gasteiger partial charge in [0.05, 0.1) is 11.9 Å². The van der Waals surface area contributed by atoms with Crippen molar-refractivity contribution in [3.63, 3.8) is 0 Å². The van der Waals surface area contributed by atoms with E-state index in [1.165, 1.54) is 4.90 Å². The maximum absolute atomic E-state index is 13.5. The number of sulfonamides is 1. The second-order valence-corrected chi connectivity index (χ2v) is 11.1. The average molecular weight is 539 g/mol. The minimum atomic E-state index is -3.75. The molecule has 0 saturated heterocycles. The van der Waals surface area contributed by atoms with Gasteiger partial charge in [0.1, 0.15) is 12.6 Å². The molecule has 0 spiro atoms. The predicted octanol–water partition coefficient (Wildman–Crippen LogP) is 3.86. The van der Waals surface area contributed by atoms with E-state index >= 15 is 0 Å². The Labute approximate surface area is 205 Å². The van der Waals surface area contributed by atoms with Crippen LogP contribution in [-0.2, 0) is 26.2 Å². The average Bonchev–Trinajstić information content (AvgIpc) is 2.75. The lowest BCUT2D eigenvalue weighted by Gasteiger charge is -2.32. The topological polar surface area (TPSA) is 86.8 Å². The number of amides is 2. The molecular weight excluding hydrogens is 506 g/mol. The number of anilines is 1. The maximum atomic E-state index is 13.5. The highest BCUT2D eigenvalue weighted by Gasteiger charge is 2.30. The molecule has 0 heterocycles. The highest BCUT2D eigenvalue weighted by molar-refractivity contribution is 9.10. The van der Waals surface area contributed by atoms with Crippen molar-refractivity contribution < 1.29 is 18.0 Å². The molecule has 0 unspecified atom stereocenters. The van der Waals surface area contributed by atoms with Gasteiger partial charge in [0.15, 0.2) is 0 Å². The first kappa shape index (κ1) is 26.9. The van der Waals surface area contributed by atoms with E-state index in [2.05, 4.69) is 21.2 Å². The Balaban J connectivity index is 2.37. The molecule has 2 aromatic carbocycles. The van der Waals surface area contributed by atoms with Gasteiger partial charge in [-0.3, -0.25) is 13.9 Å². The number of hydrogen-bond acceptors (Lipinski definition) is 4. The summed E-state index contributed by atoms with van der Waals surface area (Å²) in [4.78, 5) is 27.7. The van der Waals surface area contributed by atoms with Gasteiger partial charge in [-0.2, -0.15) is 0 Å². The summed E-state index contributed by atoms with van der Waals surface area (Å²) in [6, 6.07) is 13.6. The molecule has 0 bridgehead atoms. The zero-order valence-electron chi connectivity index (χ0n) is 19.7. The minimum Gasteiger partial charge on any atom is -0.352 e. The molecule has 33 heavy (non-hydrogen) atoms. The van der Waals surface area contributed by atoms with Crippen LogP contribution in [0.15, 0.2) is 53.0 Å². The van der Waals surface area contributed by atoms with E-state index in [-0.39, 0.29) is 18.5 Å². The summed E-state index contributed by atoms with van der Waals surface area (Å²) in [5, 5.41) is 2.91. The van der Waals surface area contributed by atoms with Crippen LogP contribution in [0, 0.1) is 6.92 Å². The van der Waals surface area contributed by atoms with Crippen LogP contribution in [-0.4, -0.2) is 50.0 Å². The zero-order chi connectivity index (χ0) is 24.8. The van der Waals surface area contributed by atoms with Crippen molar-refractivity contribution >= 4 is 43.5 Å². The Morgan fingerprint density at radius 2 is 1.73 bits per heavy atom. The van der Waals surface area contributed by atoms with Gasteiger partial charge < -0.3 is 10.2 Å². The number of carbonyl (C=O) groups excluding carboxylic acids is 2. The number of carbonyl (C=O) groups is 2. The Kier molecular flexibility index (Phi) is 9.48. The highest BCUT2D eigenvalue weighted by atomic mass is 79.9. The van der Waals surface area contributed by atoms with Crippen LogP contribution in [0.2, 0.25) is 0 Å². The van der Waals surface area contributed by atoms with Crippen molar-refractivity contribution in [3.05, 3.63) is 64.1 Å². The lowest BCUT2D eigenvalue weighted by atomic mass is 10.1. The van der Waals surface area contributed by atoms with Crippen molar-refractivity contribution in [2.45, 2.75) is 52.7 Å². The molecule has 9 heteroatoms. The van der Waals surface area contributed by atoms with Gasteiger partial charge in [-0.05, 0) is 51.0 Å². The molecule has 0 aromatic heterocycles. The summed E-state index contributed by atoms with van der Waals surface area (Å²) >= 11 is 3.34. The Morgan fingerprint density at radius 1 is 1.09 bits per heavy atom. The monoisotopic (exact) mass is 537 g/mol. The minimum absolute atomic E-state index is 0.0366.